The van der Waals surface area contributed by atoms with Crippen molar-refractivity contribution in [2.24, 2.45) is 0 Å². The Balaban J connectivity index is 2.02. The molecular weight excluding hydrogens is 320 g/mol. The third kappa shape index (κ3) is 4.68. The molecular formula is C15H16N2O5S. The van der Waals surface area contributed by atoms with Crippen LogP contribution in [0.3, 0.4) is 0 Å². The van der Waals surface area contributed by atoms with Crippen LogP contribution in [-0.4, -0.2) is 31.1 Å². The maximum atomic E-state index is 12.1. The Morgan fingerprint density at radius 2 is 1.83 bits per heavy atom. The zero-order valence-electron chi connectivity index (χ0n) is 12.9. The van der Waals surface area contributed by atoms with Crippen molar-refractivity contribution in [3.05, 3.63) is 34.8 Å². The van der Waals surface area contributed by atoms with Crippen molar-refractivity contribution in [1.29, 1.82) is 0 Å². The number of methoxy groups -OCH3 is 2. The van der Waals surface area contributed by atoms with Gasteiger partial charge in [0.1, 0.15) is 18.1 Å². The van der Waals surface area contributed by atoms with E-state index in [0.29, 0.717) is 27.9 Å². The highest BCUT2D eigenvalue weighted by atomic mass is 32.1. The van der Waals surface area contributed by atoms with E-state index >= 15 is 0 Å². The largest absolute Gasteiger partial charge is 0.497 e. The Morgan fingerprint density at radius 1 is 1.17 bits per heavy atom. The topological polar surface area (TPSA) is 86.8 Å². The minimum atomic E-state index is -0.517. The molecule has 0 radical (unpaired) electrons. The molecule has 0 unspecified atom stereocenters. The van der Waals surface area contributed by atoms with Crippen LogP contribution in [0.15, 0.2) is 23.6 Å². The Hall–Kier alpha value is -2.61. The monoisotopic (exact) mass is 336 g/mol. The van der Waals surface area contributed by atoms with Crippen LogP contribution >= 0.6 is 11.3 Å². The third-order valence-electron chi connectivity index (χ3n) is 2.77. The van der Waals surface area contributed by atoms with Crippen LogP contribution in [-0.2, 0) is 16.1 Å². The summed E-state index contributed by atoms with van der Waals surface area (Å²) in [6, 6.07) is 4.79. The number of nitrogens with one attached hydrogen (secondary N) is 1. The second kappa shape index (κ2) is 7.59. The maximum absolute atomic E-state index is 12.1. The Kier molecular flexibility index (Phi) is 5.53. The summed E-state index contributed by atoms with van der Waals surface area (Å²) in [4.78, 5) is 27.2. The molecule has 23 heavy (non-hydrogen) atoms. The highest BCUT2D eigenvalue weighted by Crippen LogP contribution is 2.23. The molecule has 1 aromatic carbocycles. The fourth-order valence-electron chi connectivity index (χ4n) is 1.73. The van der Waals surface area contributed by atoms with Crippen molar-refractivity contribution in [3.8, 4) is 11.5 Å². The Morgan fingerprint density at radius 3 is 2.39 bits per heavy atom. The first-order valence-electron chi connectivity index (χ1n) is 6.64. The number of benzene rings is 1. The van der Waals surface area contributed by atoms with Gasteiger partial charge in [-0.15, -0.1) is 11.3 Å². The summed E-state index contributed by atoms with van der Waals surface area (Å²) in [6.45, 7) is 1.41. The summed E-state index contributed by atoms with van der Waals surface area (Å²) < 4.78 is 15.4. The van der Waals surface area contributed by atoms with E-state index in [-0.39, 0.29) is 12.5 Å². The van der Waals surface area contributed by atoms with Crippen molar-refractivity contribution < 1.29 is 23.8 Å². The van der Waals surface area contributed by atoms with E-state index in [1.807, 2.05) is 0 Å². The average molecular weight is 336 g/mol. The lowest BCUT2D eigenvalue weighted by molar-refractivity contribution is -0.114. The van der Waals surface area contributed by atoms with Crippen molar-refractivity contribution in [1.82, 2.24) is 4.98 Å². The Bertz CT molecular complexity index is 691. The van der Waals surface area contributed by atoms with Gasteiger partial charge in [0.2, 0.25) is 5.91 Å². The number of carbonyl (C=O) groups excluding carboxylic acids is 2. The number of nitrogens with zero attached hydrogens (tertiary/aromatic N) is 1. The Labute approximate surface area is 137 Å². The van der Waals surface area contributed by atoms with Crippen LogP contribution in [0.2, 0.25) is 0 Å². The van der Waals surface area contributed by atoms with Gasteiger partial charge in [0.25, 0.3) is 0 Å². The molecule has 2 rings (SSSR count). The van der Waals surface area contributed by atoms with Crippen LogP contribution in [0.4, 0.5) is 5.13 Å². The quantitative estimate of drug-likeness (QED) is 0.816. The van der Waals surface area contributed by atoms with Gasteiger partial charge < -0.3 is 19.5 Å². The first-order chi connectivity index (χ1) is 11.0. The first-order valence-corrected chi connectivity index (χ1v) is 7.52. The summed E-state index contributed by atoms with van der Waals surface area (Å²) in [5.74, 6) is 0.276. The molecule has 0 spiro atoms. The van der Waals surface area contributed by atoms with Crippen molar-refractivity contribution in [3.63, 3.8) is 0 Å². The number of aromatic nitrogens is 1. The maximum Gasteiger partial charge on any atom is 0.338 e. The normalized spacial score (nSPS) is 10.0. The van der Waals surface area contributed by atoms with Crippen molar-refractivity contribution >= 4 is 28.3 Å². The lowest BCUT2D eigenvalue weighted by Gasteiger charge is -2.08. The highest BCUT2D eigenvalue weighted by molar-refractivity contribution is 7.13. The van der Waals surface area contributed by atoms with Gasteiger partial charge in [-0.05, 0) is 12.1 Å². The van der Waals surface area contributed by atoms with Gasteiger partial charge in [-0.1, -0.05) is 0 Å². The van der Waals surface area contributed by atoms with Crippen LogP contribution < -0.4 is 14.8 Å². The van der Waals surface area contributed by atoms with Gasteiger partial charge in [0.15, 0.2) is 5.13 Å². The number of rotatable bonds is 6. The molecule has 1 amide bonds. The fourth-order valence-corrected chi connectivity index (χ4v) is 2.47. The molecule has 1 aromatic heterocycles. The molecule has 0 fully saturated rings. The number of esters is 1. The molecule has 0 saturated heterocycles. The molecule has 1 N–H and O–H groups in total. The molecule has 122 valence electrons. The summed E-state index contributed by atoms with van der Waals surface area (Å²) in [5.41, 5.74) is 0.875. The van der Waals surface area contributed by atoms with Gasteiger partial charge in [0.05, 0.1) is 25.5 Å². The number of amides is 1. The lowest BCUT2D eigenvalue weighted by atomic mass is 10.2. The number of hydrogen-bond donors (Lipinski definition) is 1. The molecule has 0 aliphatic rings. The molecule has 8 heteroatoms. The number of thiazole rings is 1. The van der Waals surface area contributed by atoms with E-state index in [4.69, 9.17) is 14.2 Å². The predicted octanol–water partition coefficient (Wildman–Crippen LogP) is 2.48. The second-order valence-corrected chi connectivity index (χ2v) is 5.36. The number of carbonyl (C=O) groups is 2. The third-order valence-corrected chi connectivity index (χ3v) is 3.58. The van der Waals surface area contributed by atoms with Crippen LogP contribution in [0, 0.1) is 0 Å². The summed E-state index contributed by atoms with van der Waals surface area (Å²) >= 11 is 1.26. The minimum Gasteiger partial charge on any atom is -0.497 e. The zero-order chi connectivity index (χ0) is 16.8. The molecule has 1 heterocycles. The van der Waals surface area contributed by atoms with Crippen LogP contribution in [0.25, 0.3) is 0 Å². The fraction of sp³-hybridized carbons (Fsp3) is 0.267. The standard InChI is InChI=1S/C15H16N2O5S/c1-9(18)16-15-17-11(8-23-15)7-22-14(19)10-4-12(20-2)6-13(5-10)21-3/h4-6,8H,7H2,1-3H3,(H,16,17,18). The van der Waals surface area contributed by atoms with E-state index in [9.17, 15) is 9.59 Å². The summed E-state index contributed by atoms with van der Waals surface area (Å²) in [7, 11) is 3.01. The first kappa shape index (κ1) is 16.8. The molecule has 0 bridgehead atoms. The molecule has 0 aliphatic carbocycles. The summed E-state index contributed by atoms with van der Waals surface area (Å²) in [6.07, 6.45) is 0. The molecule has 0 atom stereocenters. The van der Waals surface area contributed by atoms with E-state index in [2.05, 4.69) is 10.3 Å². The smallest absolute Gasteiger partial charge is 0.338 e. The number of hydrogen-bond acceptors (Lipinski definition) is 7. The van der Waals surface area contributed by atoms with E-state index in [1.165, 1.54) is 32.5 Å². The SMILES string of the molecule is COc1cc(OC)cc(C(=O)OCc2csc(NC(C)=O)n2)c1. The van der Waals surface area contributed by atoms with Crippen molar-refractivity contribution in [2.75, 3.05) is 19.5 Å². The van der Waals surface area contributed by atoms with E-state index < -0.39 is 5.97 Å². The number of anilines is 1. The van der Waals surface area contributed by atoms with E-state index in [1.54, 1.807) is 23.6 Å². The van der Waals surface area contributed by atoms with Gasteiger partial charge in [-0.25, -0.2) is 9.78 Å². The summed E-state index contributed by atoms with van der Waals surface area (Å²) in [5, 5.41) is 4.75. The van der Waals surface area contributed by atoms with Gasteiger partial charge in [-0.2, -0.15) is 0 Å². The van der Waals surface area contributed by atoms with Gasteiger partial charge in [0, 0.05) is 18.4 Å². The highest BCUT2D eigenvalue weighted by Gasteiger charge is 2.12. The van der Waals surface area contributed by atoms with Crippen molar-refractivity contribution in [2.45, 2.75) is 13.5 Å². The second-order valence-electron chi connectivity index (χ2n) is 4.50. The lowest BCUT2D eigenvalue weighted by Crippen LogP contribution is -2.07. The van der Waals surface area contributed by atoms with Gasteiger partial charge >= 0.3 is 5.97 Å². The molecule has 2 aromatic rings. The number of ether oxygens (including phenoxy) is 3. The minimum absolute atomic E-state index is 0.00838. The predicted molar refractivity (Wildman–Crippen MR) is 85.1 cm³/mol. The van der Waals surface area contributed by atoms with E-state index in [0.717, 1.165) is 0 Å². The van der Waals surface area contributed by atoms with Crippen LogP contribution in [0.1, 0.15) is 23.0 Å². The molecule has 0 aliphatic heterocycles. The molecule has 7 nitrogen and oxygen atoms in total. The molecule has 0 saturated carbocycles. The van der Waals surface area contributed by atoms with Crippen LogP contribution in [0.5, 0.6) is 11.5 Å². The zero-order valence-corrected chi connectivity index (χ0v) is 13.7. The van der Waals surface area contributed by atoms with Gasteiger partial charge in [-0.3, -0.25) is 4.79 Å². The average Bonchev–Trinajstić information content (AvgIpc) is 2.98.